The molecule has 6 rings (SSSR count). The van der Waals surface area contributed by atoms with Crippen molar-refractivity contribution < 1.29 is 51.6 Å². The number of rotatable bonds is 21. The van der Waals surface area contributed by atoms with Gasteiger partial charge in [-0.05, 0) is 98.4 Å². The number of nitrogens with one attached hydrogen (secondary N) is 5. The summed E-state index contributed by atoms with van der Waals surface area (Å²) in [5.41, 5.74) is 1.18. The zero-order chi connectivity index (χ0) is 51.6. The van der Waals surface area contributed by atoms with Crippen molar-refractivity contribution in [3.05, 3.63) is 118 Å². The Morgan fingerprint density at radius 3 is 2.03 bits per heavy atom. The van der Waals surface area contributed by atoms with Gasteiger partial charge >= 0.3 is 5.97 Å². The van der Waals surface area contributed by atoms with Crippen LogP contribution < -0.4 is 26.6 Å². The zero-order valence-electron chi connectivity index (χ0n) is 40.5. The number of benzene rings is 4. The fourth-order valence-electron chi connectivity index (χ4n) is 8.74. The summed E-state index contributed by atoms with van der Waals surface area (Å²) in [5.74, 6) is -5.47. The first-order chi connectivity index (χ1) is 33.6. The van der Waals surface area contributed by atoms with Gasteiger partial charge in [0.2, 0.25) is 29.5 Å². The van der Waals surface area contributed by atoms with Crippen LogP contribution in [0.25, 0.3) is 20.9 Å². The van der Waals surface area contributed by atoms with Crippen molar-refractivity contribution in [3.8, 4) is 0 Å². The Labute approximate surface area is 417 Å². The van der Waals surface area contributed by atoms with Gasteiger partial charge in [-0.2, -0.15) is 8.42 Å². The molecule has 19 heteroatoms. The number of fused-ring (bicyclic) bond motifs is 2. The highest BCUT2D eigenvalue weighted by Gasteiger charge is 2.40. The third-order valence-corrected chi connectivity index (χ3v) is 14.0. The Morgan fingerprint density at radius 2 is 1.38 bits per heavy atom. The fourth-order valence-corrected chi connectivity index (χ4v) is 10.5. The zero-order valence-corrected chi connectivity index (χ0v) is 42.1. The van der Waals surface area contributed by atoms with Gasteiger partial charge in [0.25, 0.3) is 16.0 Å². The van der Waals surface area contributed by atoms with E-state index in [4.69, 9.17) is 0 Å². The van der Waals surface area contributed by atoms with E-state index < -0.39 is 99.5 Å². The number of amides is 6. The molecule has 71 heavy (non-hydrogen) atoms. The van der Waals surface area contributed by atoms with Gasteiger partial charge in [0.15, 0.2) is 0 Å². The third-order valence-electron chi connectivity index (χ3n) is 12.1. The van der Waals surface area contributed by atoms with Gasteiger partial charge < -0.3 is 36.6 Å². The van der Waals surface area contributed by atoms with E-state index in [1.165, 1.54) is 28.4 Å². The third kappa shape index (κ3) is 14.9. The van der Waals surface area contributed by atoms with Crippen LogP contribution in [0.5, 0.6) is 0 Å². The van der Waals surface area contributed by atoms with Crippen LogP contribution >= 0.6 is 11.3 Å². The Balaban J connectivity index is 1.24. The summed E-state index contributed by atoms with van der Waals surface area (Å²) in [6.07, 6.45) is 0.645. The van der Waals surface area contributed by atoms with E-state index in [1.807, 2.05) is 67.6 Å². The number of carbonyl (C=O) groups is 7. The molecule has 2 heterocycles. The number of aliphatic carboxylic acids is 1. The maximum atomic E-state index is 14.6. The molecule has 1 aliphatic rings. The Bertz CT molecular complexity index is 2860. The van der Waals surface area contributed by atoms with Gasteiger partial charge in [0, 0.05) is 40.9 Å². The van der Waals surface area contributed by atoms with E-state index in [1.54, 1.807) is 45.9 Å². The molecule has 0 aliphatic carbocycles. The number of hydrogen-bond acceptors (Lipinski definition) is 10. The Morgan fingerprint density at radius 1 is 0.746 bits per heavy atom. The minimum absolute atomic E-state index is 0.0211. The molecule has 17 nitrogen and oxygen atoms in total. The highest BCUT2D eigenvalue weighted by Crippen LogP contribution is 2.28. The molecule has 1 saturated heterocycles. The van der Waals surface area contributed by atoms with E-state index in [2.05, 4.69) is 26.6 Å². The predicted octanol–water partition coefficient (Wildman–Crippen LogP) is 5.36. The van der Waals surface area contributed by atoms with Crippen LogP contribution in [0.4, 0.5) is 0 Å². The normalized spacial score (nSPS) is 15.6. The van der Waals surface area contributed by atoms with E-state index in [-0.39, 0.29) is 38.6 Å². The minimum Gasteiger partial charge on any atom is -0.481 e. The maximum absolute atomic E-state index is 14.6. The van der Waals surface area contributed by atoms with Crippen molar-refractivity contribution in [2.75, 3.05) is 6.54 Å². The van der Waals surface area contributed by atoms with Crippen LogP contribution in [0.2, 0.25) is 0 Å². The largest absolute Gasteiger partial charge is 0.481 e. The number of carboxylic acid groups (broad SMARTS) is 1. The van der Waals surface area contributed by atoms with Crippen LogP contribution in [-0.2, 0) is 57.5 Å². The molecule has 5 aromatic rings. The van der Waals surface area contributed by atoms with Crippen LogP contribution in [0, 0.1) is 6.92 Å². The number of carboxylic acids is 1. The van der Waals surface area contributed by atoms with Crippen molar-refractivity contribution in [3.63, 3.8) is 0 Å². The summed E-state index contributed by atoms with van der Waals surface area (Å²) < 4.78 is 33.4. The summed E-state index contributed by atoms with van der Waals surface area (Å²) in [5, 5.41) is 26.0. The summed E-state index contributed by atoms with van der Waals surface area (Å²) in [4.78, 5) is 99.1. The van der Waals surface area contributed by atoms with Crippen LogP contribution in [0.3, 0.4) is 0 Å². The number of carbonyl (C=O) groups excluding carboxylic acids is 6. The molecule has 1 aromatic heterocycles. The van der Waals surface area contributed by atoms with E-state index in [0.29, 0.717) is 40.5 Å². The lowest BCUT2D eigenvalue weighted by molar-refractivity contribution is -0.142. The van der Waals surface area contributed by atoms with E-state index >= 15 is 0 Å². The van der Waals surface area contributed by atoms with Crippen molar-refractivity contribution in [2.45, 2.75) is 127 Å². The molecule has 5 atom stereocenters. The van der Waals surface area contributed by atoms with Crippen LogP contribution in [0.1, 0.15) is 98.1 Å². The highest BCUT2D eigenvalue weighted by atomic mass is 32.2. The summed E-state index contributed by atoms with van der Waals surface area (Å²) in [7, 11) is -4.31. The van der Waals surface area contributed by atoms with E-state index in [9.17, 15) is 51.6 Å². The number of hydrogen-bond donors (Lipinski definition) is 7. The first-order valence-corrected chi connectivity index (χ1v) is 26.1. The molecular weight excluding hydrogens is 949 g/mol. The van der Waals surface area contributed by atoms with E-state index in [0.717, 1.165) is 20.3 Å². The molecule has 0 radical (unpaired) electrons. The maximum Gasteiger partial charge on any atom is 0.303 e. The monoisotopic (exact) mass is 1010 g/mol. The van der Waals surface area contributed by atoms with Gasteiger partial charge in [-0.25, -0.2) is 0 Å². The SMILES string of the molecule is CCC[C@H](NC(=O)[C@H](Cc1ccc(CS(=O)(=O)O)cc1)NC(=O)c1c(C)ccc2ccccc12)C(=O)N1CCC[C@H]1C(=O)N[C@@H](Cc1cc2ccccc2s1)C(=O)N[C@@H](CCC(=O)O)C(=O)NC(C)(C)C. The van der Waals surface area contributed by atoms with Crippen molar-refractivity contribution in [2.24, 2.45) is 0 Å². The van der Waals surface area contributed by atoms with Gasteiger partial charge in [0.1, 0.15) is 36.0 Å². The smallest absolute Gasteiger partial charge is 0.303 e. The second-order valence-electron chi connectivity index (χ2n) is 19.0. The summed E-state index contributed by atoms with van der Waals surface area (Å²) >= 11 is 1.43. The Hall–Kier alpha value is -6.70. The molecule has 6 amide bonds. The molecule has 4 aromatic carbocycles. The molecule has 0 unspecified atom stereocenters. The number of likely N-dealkylation sites (tertiary alicyclic amines) is 1. The second-order valence-corrected chi connectivity index (χ2v) is 21.7. The van der Waals surface area contributed by atoms with Crippen LogP contribution in [0.15, 0.2) is 91.0 Å². The number of thiophene rings is 1. The Kier molecular flexibility index (Phi) is 17.7. The highest BCUT2D eigenvalue weighted by molar-refractivity contribution is 7.85. The molecular formula is C52H62N6O11S2. The molecule has 378 valence electrons. The second kappa shape index (κ2) is 23.5. The minimum atomic E-state index is -4.31. The van der Waals surface area contributed by atoms with Gasteiger partial charge in [0.05, 0.1) is 5.56 Å². The lowest BCUT2D eigenvalue weighted by atomic mass is 9.98. The molecule has 7 N–H and O–H groups in total. The molecule has 1 aliphatic heterocycles. The van der Waals surface area contributed by atoms with Crippen molar-refractivity contribution in [1.82, 2.24) is 31.5 Å². The average Bonchev–Trinajstić information content (AvgIpc) is 3.96. The predicted molar refractivity (Wildman–Crippen MR) is 271 cm³/mol. The topological polar surface area (TPSA) is 257 Å². The number of nitrogens with zero attached hydrogens (tertiary/aromatic N) is 1. The van der Waals surface area contributed by atoms with Crippen molar-refractivity contribution >= 4 is 83.7 Å². The quantitative estimate of drug-likeness (QED) is 0.0461. The van der Waals surface area contributed by atoms with Gasteiger partial charge in [-0.15, -0.1) is 11.3 Å². The molecule has 0 saturated carbocycles. The number of aryl methyl sites for hydroxylation is 1. The van der Waals surface area contributed by atoms with Crippen LogP contribution in [-0.4, -0.2) is 107 Å². The average molecular weight is 1010 g/mol. The standard InChI is InChI=1S/C52H62N6O11S2/c1-6-12-39(54-46(61)40(27-32-19-21-33(22-20-32)30-71(67,68)69)56-50(65)45-31(2)18-23-34-13-7-9-15-37(34)45)51(66)58-26-11-16-42(58)49(64)55-41(29-36-28-35-14-8-10-17-43(35)70-36)47(62)53-38(24-25-44(59)60)48(63)57-52(3,4)5/h7-10,13-15,17-23,28,38-42H,6,11-12,16,24-27,29-30H2,1-5H3,(H,53,62)(H,54,61)(H,55,64)(H,56,65)(H,57,63)(H,59,60)(H,67,68,69)/t38-,39-,40-,41-,42-/m0/s1. The molecule has 1 fully saturated rings. The van der Waals surface area contributed by atoms with Gasteiger partial charge in [-0.3, -0.25) is 38.1 Å². The molecule has 0 bridgehead atoms. The first kappa shape index (κ1) is 53.6. The van der Waals surface area contributed by atoms with Crippen molar-refractivity contribution in [1.29, 1.82) is 0 Å². The first-order valence-electron chi connectivity index (χ1n) is 23.6. The molecule has 0 spiro atoms. The lowest BCUT2D eigenvalue weighted by Crippen LogP contribution is -2.59. The summed E-state index contributed by atoms with van der Waals surface area (Å²) in [6, 6.07) is 20.8. The lowest BCUT2D eigenvalue weighted by Gasteiger charge is -2.31. The van der Waals surface area contributed by atoms with Gasteiger partial charge in [-0.1, -0.05) is 92.2 Å². The fraction of sp³-hybridized carbons (Fsp3) is 0.404. The summed E-state index contributed by atoms with van der Waals surface area (Å²) in [6.45, 7) is 9.04.